The zero-order valence-electron chi connectivity index (χ0n) is 10.6. The molecule has 0 radical (unpaired) electrons. The SMILES string of the molecule is OCC1CCCC1NCC(O)c1ccc(F)cc1F. The van der Waals surface area contributed by atoms with Gasteiger partial charge in [-0.3, -0.25) is 0 Å². The van der Waals surface area contributed by atoms with Gasteiger partial charge in [-0.1, -0.05) is 12.5 Å². The van der Waals surface area contributed by atoms with Gasteiger partial charge in [-0.15, -0.1) is 0 Å². The third-order valence-electron chi connectivity index (χ3n) is 3.79. The van der Waals surface area contributed by atoms with E-state index in [9.17, 15) is 19.0 Å². The summed E-state index contributed by atoms with van der Waals surface area (Å²) >= 11 is 0. The summed E-state index contributed by atoms with van der Waals surface area (Å²) in [6, 6.07) is 3.32. The second kappa shape index (κ2) is 6.41. The van der Waals surface area contributed by atoms with E-state index < -0.39 is 17.7 Å². The minimum Gasteiger partial charge on any atom is -0.396 e. The number of benzene rings is 1. The molecule has 1 fully saturated rings. The normalized spacial score (nSPS) is 24.6. The fourth-order valence-electron chi connectivity index (χ4n) is 2.67. The zero-order valence-corrected chi connectivity index (χ0v) is 10.6. The second-order valence-corrected chi connectivity index (χ2v) is 5.07. The van der Waals surface area contributed by atoms with Crippen LogP contribution in [0.1, 0.15) is 30.9 Å². The summed E-state index contributed by atoms with van der Waals surface area (Å²) < 4.78 is 26.3. The van der Waals surface area contributed by atoms with Crippen LogP contribution in [0.5, 0.6) is 0 Å². The molecule has 3 N–H and O–H groups in total. The van der Waals surface area contributed by atoms with Crippen molar-refractivity contribution in [3.05, 3.63) is 35.4 Å². The van der Waals surface area contributed by atoms with Crippen molar-refractivity contribution in [2.45, 2.75) is 31.4 Å². The van der Waals surface area contributed by atoms with E-state index in [1.807, 2.05) is 0 Å². The number of halogens is 2. The van der Waals surface area contributed by atoms with E-state index in [0.717, 1.165) is 31.4 Å². The number of hydrogen-bond donors (Lipinski definition) is 3. The first-order valence-corrected chi connectivity index (χ1v) is 6.59. The van der Waals surface area contributed by atoms with Crippen molar-refractivity contribution in [1.29, 1.82) is 0 Å². The molecule has 1 aromatic rings. The molecule has 3 unspecified atom stereocenters. The minimum atomic E-state index is -1.01. The monoisotopic (exact) mass is 271 g/mol. The molecule has 3 nitrogen and oxygen atoms in total. The molecule has 0 aromatic heterocycles. The third-order valence-corrected chi connectivity index (χ3v) is 3.79. The topological polar surface area (TPSA) is 52.5 Å². The van der Waals surface area contributed by atoms with E-state index in [-0.39, 0.29) is 30.7 Å². The highest BCUT2D eigenvalue weighted by molar-refractivity contribution is 5.21. The van der Waals surface area contributed by atoms with Gasteiger partial charge in [-0.25, -0.2) is 8.78 Å². The van der Waals surface area contributed by atoms with E-state index in [4.69, 9.17) is 0 Å². The number of aliphatic hydroxyl groups is 2. The Morgan fingerprint density at radius 3 is 2.79 bits per heavy atom. The van der Waals surface area contributed by atoms with Crippen LogP contribution in [0, 0.1) is 17.6 Å². The average molecular weight is 271 g/mol. The molecule has 0 spiro atoms. The quantitative estimate of drug-likeness (QED) is 0.764. The van der Waals surface area contributed by atoms with Crippen LogP contribution < -0.4 is 5.32 Å². The molecule has 3 atom stereocenters. The lowest BCUT2D eigenvalue weighted by Gasteiger charge is -2.21. The van der Waals surface area contributed by atoms with Crippen molar-refractivity contribution in [3.8, 4) is 0 Å². The summed E-state index contributed by atoms with van der Waals surface area (Å²) in [6.07, 6.45) is 1.95. The van der Waals surface area contributed by atoms with Gasteiger partial charge < -0.3 is 15.5 Å². The van der Waals surface area contributed by atoms with Gasteiger partial charge in [0.05, 0.1) is 6.10 Å². The Balaban J connectivity index is 1.92. The average Bonchev–Trinajstić information content (AvgIpc) is 2.83. The molecule has 106 valence electrons. The van der Waals surface area contributed by atoms with Crippen molar-refractivity contribution in [2.24, 2.45) is 5.92 Å². The number of nitrogens with one attached hydrogen (secondary N) is 1. The summed E-state index contributed by atoms with van der Waals surface area (Å²) in [5, 5.41) is 22.3. The maximum Gasteiger partial charge on any atom is 0.131 e. The maximum absolute atomic E-state index is 13.5. The summed E-state index contributed by atoms with van der Waals surface area (Å²) in [5.41, 5.74) is 0.0902. The molecule has 0 saturated heterocycles. The first-order chi connectivity index (χ1) is 9.11. The van der Waals surface area contributed by atoms with Gasteiger partial charge in [-0.2, -0.15) is 0 Å². The Hall–Kier alpha value is -1.04. The highest BCUT2D eigenvalue weighted by Gasteiger charge is 2.27. The van der Waals surface area contributed by atoms with E-state index >= 15 is 0 Å². The number of aliphatic hydroxyl groups excluding tert-OH is 2. The minimum absolute atomic E-state index is 0.0902. The Bertz CT molecular complexity index is 428. The van der Waals surface area contributed by atoms with Gasteiger partial charge in [0.2, 0.25) is 0 Å². The third kappa shape index (κ3) is 3.49. The van der Waals surface area contributed by atoms with Crippen molar-refractivity contribution >= 4 is 0 Å². The fraction of sp³-hybridized carbons (Fsp3) is 0.571. The molecule has 5 heteroatoms. The predicted octanol–water partition coefficient (Wildman–Crippen LogP) is 1.75. The molecular formula is C14H19F2NO2. The second-order valence-electron chi connectivity index (χ2n) is 5.07. The van der Waals surface area contributed by atoms with E-state index in [2.05, 4.69) is 5.32 Å². The van der Waals surface area contributed by atoms with Crippen LogP contribution in [-0.2, 0) is 0 Å². The van der Waals surface area contributed by atoms with Gasteiger partial charge >= 0.3 is 0 Å². The number of rotatable bonds is 5. The van der Waals surface area contributed by atoms with Gasteiger partial charge in [0.25, 0.3) is 0 Å². The van der Waals surface area contributed by atoms with Crippen molar-refractivity contribution in [1.82, 2.24) is 5.32 Å². The molecule has 1 aromatic carbocycles. The van der Waals surface area contributed by atoms with Gasteiger partial charge in [0, 0.05) is 30.8 Å². The highest BCUT2D eigenvalue weighted by Crippen LogP contribution is 2.26. The Labute approximate surface area is 111 Å². The van der Waals surface area contributed by atoms with Gasteiger partial charge in [0.1, 0.15) is 11.6 Å². The largest absolute Gasteiger partial charge is 0.396 e. The first kappa shape index (κ1) is 14.4. The van der Waals surface area contributed by atoms with Crippen LogP contribution in [-0.4, -0.2) is 29.4 Å². The molecule has 19 heavy (non-hydrogen) atoms. The molecular weight excluding hydrogens is 252 g/mol. The Morgan fingerprint density at radius 2 is 2.11 bits per heavy atom. The van der Waals surface area contributed by atoms with Crippen molar-refractivity contribution < 1.29 is 19.0 Å². The summed E-state index contributed by atoms with van der Waals surface area (Å²) in [5.74, 6) is -1.19. The summed E-state index contributed by atoms with van der Waals surface area (Å²) in [7, 11) is 0. The summed E-state index contributed by atoms with van der Waals surface area (Å²) in [6.45, 7) is 0.322. The molecule has 1 aliphatic rings. The Kier molecular flexibility index (Phi) is 4.85. The standard InChI is InChI=1S/C14H19F2NO2/c15-10-4-5-11(12(16)6-10)14(19)7-17-13-3-1-2-9(13)8-18/h4-6,9,13-14,17-19H,1-3,7-8H2. The van der Waals surface area contributed by atoms with E-state index in [1.165, 1.54) is 6.07 Å². The van der Waals surface area contributed by atoms with Crippen LogP contribution in [0.15, 0.2) is 18.2 Å². The van der Waals surface area contributed by atoms with Gasteiger partial charge in [-0.05, 0) is 24.8 Å². The highest BCUT2D eigenvalue weighted by atomic mass is 19.1. The summed E-state index contributed by atoms with van der Waals surface area (Å²) in [4.78, 5) is 0. The molecule has 0 heterocycles. The molecule has 0 bridgehead atoms. The molecule has 2 rings (SSSR count). The van der Waals surface area contributed by atoms with Crippen LogP contribution in [0.25, 0.3) is 0 Å². The molecule has 0 aliphatic heterocycles. The molecule has 1 aliphatic carbocycles. The lowest BCUT2D eigenvalue weighted by Crippen LogP contribution is -2.36. The molecule has 1 saturated carbocycles. The fourth-order valence-corrected chi connectivity index (χ4v) is 2.67. The smallest absolute Gasteiger partial charge is 0.131 e. The zero-order chi connectivity index (χ0) is 13.8. The van der Waals surface area contributed by atoms with Gasteiger partial charge in [0.15, 0.2) is 0 Å². The van der Waals surface area contributed by atoms with Crippen molar-refractivity contribution in [3.63, 3.8) is 0 Å². The van der Waals surface area contributed by atoms with Crippen LogP contribution in [0.2, 0.25) is 0 Å². The predicted molar refractivity (Wildman–Crippen MR) is 67.5 cm³/mol. The van der Waals surface area contributed by atoms with Crippen LogP contribution in [0.3, 0.4) is 0 Å². The van der Waals surface area contributed by atoms with E-state index in [1.54, 1.807) is 0 Å². The maximum atomic E-state index is 13.5. The molecule has 0 amide bonds. The van der Waals surface area contributed by atoms with Crippen LogP contribution >= 0.6 is 0 Å². The lowest BCUT2D eigenvalue weighted by atomic mass is 10.0. The number of hydrogen-bond acceptors (Lipinski definition) is 3. The lowest BCUT2D eigenvalue weighted by molar-refractivity contribution is 0.151. The van der Waals surface area contributed by atoms with E-state index in [0.29, 0.717) is 0 Å². The Morgan fingerprint density at radius 1 is 1.32 bits per heavy atom. The van der Waals surface area contributed by atoms with Crippen LogP contribution in [0.4, 0.5) is 8.78 Å². The van der Waals surface area contributed by atoms with Crippen molar-refractivity contribution in [2.75, 3.05) is 13.2 Å². The first-order valence-electron chi connectivity index (χ1n) is 6.59.